The fourth-order valence-electron chi connectivity index (χ4n) is 2.65. The van der Waals surface area contributed by atoms with Crippen molar-refractivity contribution in [3.8, 4) is 0 Å². The van der Waals surface area contributed by atoms with Gasteiger partial charge in [0.2, 0.25) is 5.91 Å². The lowest BCUT2D eigenvalue weighted by atomic mass is 10.0. The van der Waals surface area contributed by atoms with Gasteiger partial charge in [-0.1, -0.05) is 12.2 Å². The van der Waals surface area contributed by atoms with Gasteiger partial charge in [0.25, 0.3) is 0 Å². The molecule has 0 saturated carbocycles. The molecule has 8 heteroatoms. The zero-order chi connectivity index (χ0) is 18.6. The summed E-state index contributed by atoms with van der Waals surface area (Å²) >= 11 is 0. The van der Waals surface area contributed by atoms with Crippen molar-refractivity contribution in [1.29, 1.82) is 0 Å². The van der Waals surface area contributed by atoms with Crippen molar-refractivity contribution in [1.82, 2.24) is 4.90 Å². The van der Waals surface area contributed by atoms with E-state index >= 15 is 0 Å². The predicted octanol–water partition coefficient (Wildman–Crippen LogP) is 2.59. The van der Waals surface area contributed by atoms with Gasteiger partial charge in [-0.2, -0.15) is 0 Å². The molecule has 0 spiro atoms. The van der Waals surface area contributed by atoms with E-state index in [0.29, 0.717) is 0 Å². The van der Waals surface area contributed by atoms with Gasteiger partial charge in [0.1, 0.15) is 0 Å². The maximum atomic E-state index is 13.6. The summed E-state index contributed by atoms with van der Waals surface area (Å²) in [4.78, 5) is 24.4. The van der Waals surface area contributed by atoms with E-state index in [-0.39, 0.29) is 25.2 Å². The number of hydrogen-bond donors (Lipinski definition) is 1. The molecule has 1 N–H and O–H groups in total. The summed E-state index contributed by atoms with van der Waals surface area (Å²) in [7, 11) is 0. The molecule has 0 aromatic heterocycles. The van der Waals surface area contributed by atoms with Crippen LogP contribution in [0.5, 0.6) is 0 Å². The lowest BCUT2D eigenvalue weighted by molar-refractivity contribution is -0.143. The van der Waals surface area contributed by atoms with Crippen LogP contribution in [0.1, 0.15) is 18.0 Å². The molecule has 2 atom stereocenters. The van der Waals surface area contributed by atoms with E-state index in [2.05, 4.69) is 6.58 Å². The fourth-order valence-corrected chi connectivity index (χ4v) is 2.65. The van der Waals surface area contributed by atoms with Gasteiger partial charge in [-0.25, -0.2) is 18.0 Å². The number of morpholine rings is 1. The Bertz CT molecular complexity index is 697. The van der Waals surface area contributed by atoms with E-state index in [4.69, 9.17) is 9.84 Å². The normalized spacial score (nSPS) is 20.7. The van der Waals surface area contributed by atoms with Crippen molar-refractivity contribution >= 4 is 11.9 Å². The molecule has 25 heavy (non-hydrogen) atoms. The highest BCUT2D eigenvalue weighted by Gasteiger charge is 2.35. The molecule has 1 aromatic rings. The van der Waals surface area contributed by atoms with Gasteiger partial charge in [-0.3, -0.25) is 4.79 Å². The fraction of sp³-hybridized carbons (Fsp3) is 0.294. The Morgan fingerprint density at radius 1 is 1.28 bits per heavy atom. The third kappa shape index (κ3) is 4.27. The first-order valence-corrected chi connectivity index (χ1v) is 7.40. The Morgan fingerprint density at radius 2 is 1.92 bits per heavy atom. The number of nitrogens with zero attached hydrogens (tertiary/aromatic N) is 1. The molecule has 1 heterocycles. The van der Waals surface area contributed by atoms with Gasteiger partial charge < -0.3 is 14.7 Å². The summed E-state index contributed by atoms with van der Waals surface area (Å²) in [6, 6.07) is -0.0545. The molecule has 1 aliphatic heterocycles. The Balaban J connectivity index is 2.44. The van der Waals surface area contributed by atoms with E-state index in [0.717, 1.165) is 18.2 Å². The van der Waals surface area contributed by atoms with E-state index < -0.39 is 41.4 Å². The molecule has 1 fully saturated rings. The second kappa shape index (κ2) is 7.98. The van der Waals surface area contributed by atoms with Crippen LogP contribution in [0.2, 0.25) is 0 Å². The van der Waals surface area contributed by atoms with Crippen molar-refractivity contribution in [3.05, 3.63) is 60.0 Å². The molecule has 0 radical (unpaired) electrons. The number of rotatable bonds is 5. The highest BCUT2D eigenvalue weighted by Crippen LogP contribution is 2.30. The number of hydrogen-bond acceptors (Lipinski definition) is 3. The van der Waals surface area contributed by atoms with Gasteiger partial charge in [-0.05, 0) is 17.7 Å². The number of carboxylic acids is 1. The van der Waals surface area contributed by atoms with Gasteiger partial charge in [0.05, 0.1) is 25.3 Å². The van der Waals surface area contributed by atoms with Crippen LogP contribution in [0.3, 0.4) is 0 Å². The molecule has 1 amide bonds. The number of carbonyl (C=O) groups is 2. The van der Waals surface area contributed by atoms with E-state index in [9.17, 15) is 22.8 Å². The maximum absolute atomic E-state index is 13.6. The summed E-state index contributed by atoms with van der Waals surface area (Å²) in [5.74, 6) is -6.00. The number of halogens is 3. The van der Waals surface area contributed by atoms with Crippen LogP contribution in [0.4, 0.5) is 13.2 Å². The first-order valence-electron chi connectivity index (χ1n) is 7.40. The summed E-state index contributed by atoms with van der Waals surface area (Å²) in [6.45, 7) is 3.43. The van der Waals surface area contributed by atoms with Crippen LogP contribution in [0.15, 0.2) is 36.9 Å². The average molecular weight is 355 g/mol. The Labute approximate surface area is 142 Å². The highest BCUT2D eigenvalue weighted by molar-refractivity contribution is 5.81. The molecule has 1 aromatic carbocycles. The number of carbonyl (C=O) groups excluding carboxylic acids is 1. The molecule has 0 unspecified atom stereocenters. The van der Waals surface area contributed by atoms with E-state index in [1.54, 1.807) is 0 Å². The van der Waals surface area contributed by atoms with Gasteiger partial charge in [0.15, 0.2) is 17.5 Å². The minimum Gasteiger partial charge on any atom is -0.478 e. The van der Waals surface area contributed by atoms with Crippen LogP contribution in [0.25, 0.3) is 0 Å². The van der Waals surface area contributed by atoms with Crippen molar-refractivity contribution < 1.29 is 32.6 Å². The third-order valence-corrected chi connectivity index (χ3v) is 3.72. The topological polar surface area (TPSA) is 66.8 Å². The molecule has 5 nitrogen and oxygen atoms in total. The molecule has 0 aliphatic carbocycles. The van der Waals surface area contributed by atoms with E-state index in [1.807, 2.05) is 0 Å². The van der Waals surface area contributed by atoms with Crippen LogP contribution >= 0.6 is 0 Å². The number of benzene rings is 1. The summed E-state index contributed by atoms with van der Waals surface area (Å²) < 4.78 is 45.6. The standard InChI is InChI=1S/C17H16F3NO4/c1-2-3-15(22)21-11(4-5-16(23)24)8-25-9-14(21)10-6-12(18)17(20)13(19)7-10/h2,4-7,11,14H,1,3,8-9H2,(H,23,24)/b5-4-/t11-,14-/m0/s1. The van der Waals surface area contributed by atoms with E-state index in [1.165, 1.54) is 17.1 Å². The second-order valence-corrected chi connectivity index (χ2v) is 5.41. The zero-order valence-corrected chi connectivity index (χ0v) is 13.1. The lowest BCUT2D eigenvalue weighted by Crippen LogP contribution is -2.49. The quantitative estimate of drug-likeness (QED) is 0.501. The predicted molar refractivity (Wildman–Crippen MR) is 82.1 cm³/mol. The maximum Gasteiger partial charge on any atom is 0.328 e. The van der Waals surface area contributed by atoms with Crippen LogP contribution < -0.4 is 0 Å². The van der Waals surface area contributed by atoms with Crippen LogP contribution in [-0.2, 0) is 14.3 Å². The van der Waals surface area contributed by atoms with Crippen molar-refractivity contribution in [2.24, 2.45) is 0 Å². The Morgan fingerprint density at radius 3 is 2.48 bits per heavy atom. The number of amides is 1. The van der Waals surface area contributed by atoms with Gasteiger partial charge >= 0.3 is 5.97 Å². The Kier molecular flexibility index (Phi) is 5.97. The third-order valence-electron chi connectivity index (χ3n) is 3.72. The summed E-state index contributed by atoms with van der Waals surface area (Å²) in [6.07, 6.45) is 3.42. The minimum atomic E-state index is -1.60. The van der Waals surface area contributed by atoms with Crippen molar-refractivity contribution in [2.45, 2.75) is 18.5 Å². The smallest absolute Gasteiger partial charge is 0.328 e. The number of aliphatic carboxylic acids is 1. The number of ether oxygens (including phenoxy) is 1. The van der Waals surface area contributed by atoms with Crippen molar-refractivity contribution in [3.63, 3.8) is 0 Å². The summed E-state index contributed by atoms with van der Waals surface area (Å²) in [5.41, 5.74) is 0.0160. The molecular formula is C17H16F3NO4. The first kappa shape index (κ1) is 18.7. The SMILES string of the molecule is C=CCC(=O)N1[C@@H](/C=C\C(=O)O)COC[C@H]1c1cc(F)c(F)c(F)c1. The average Bonchev–Trinajstić information content (AvgIpc) is 2.57. The lowest BCUT2D eigenvalue weighted by Gasteiger charge is -2.41. The van der Waals surface area contributed by atoms with Gasteiger partial charge in [0, 0.05) is 12.5 Å². The first-order chi connectivity index (χ1) is 11.8. The molecule has 1 saturated heterocycles. The molecule has 134 valence electrons. The molecule has 0 bridgehead atoms. The molecule has 2 rings (SSSR count). The van der Waals surface area contributed by atoms with Crippen molar-refractivity contribution in [2.75, 3.05) is 13.2 Å². The highest BCUT2D eigenvalue weighted by atomic mass is 19.2. The molecular weight excluding hydrogens is 339 g/mol. The van der Waals surface area contributed by atoms with Crippen LogP contribution in [0, 0.1) is 17.5 Å². The molecule has 1 aliphatic rings. The number of carboxylic acid groups (broad SMARTS) is 1. The zero-order valence-electron chi connectivity index (χ0n) is 13.1. The summed E-state index contributed by atoms with van der Waals surface area (Å²) in [5, 5.41) is 8.77. The van der Waals surface area contributed by atoms with Gasteiger partial charge in [-0.15, -0.1) is 6.58 Å². The second-order valence-electron chi connectivity index (χ2n) is 5.41. The largest absolute Gasteiger partial charge is 0.478 e. The monoisotopic (exact) mass is 355 g/mol. The van der Waals surface area contributed by atoms with Crippen LogP contribution in [-0.4, -0.2) is 41.1 Å². The Hall–Kier alpha value is -2.61. The minimum absolute atomic E-state index is 0.0160.